The Balaban J connectivity index is 0.00000158. The van der Waals surface area contributed by atoms with Crippen molar-refractivity contribution in [3.05, 3.63) is 59.0 Å². The van der Waals surface area contributed by atoms with E-state index in [9.17, 15) is 13.6 Å². The Morgan fingerprint density at radius 2 is 1.97 bits per heavy atom. The molecule has 1 aromatic rings. The van der Waals surface area contributed by atoms with E-state index < -0.39 is 6.43 Å². The van der Waals surface area contributed by atoms with Gasteiger partial charge in [0.15, 0.2) is 0 Å². The van der Waals surface area contributed by atoms with Crippen molar-refractivity contribution in [2.24, 2.45) is 28.6 Å². The largest absolute Gasteiger partial charge is 0.320 e. The molecule has 1 aromatic heterocycles. The number of fused-ring (bicyclic) bond motifs is 3. The van der Waals surface area contributed by atoms with Gasteiger partial charge in [-0.3, -0.25) is 9.78 Å². The lowest BCUT2D eigenvalue weighted by molar-refractivity contribution is -0.104. The van der Waals surface area contributed by atoms with Crippen LogP contribution in [0.25, 0.3) is 5.57 Å². The summed E-state index contributed by atoms with van der Waals surface area (Å²) in [6, 6.07) is 1.60. The molecule has 5 heteroatoms. The van der Waals surface area contributed by atoms with Gasteiger partial charge in [-0.1, -0.05) is 57.9 Å². The van der Waals surface area contributed by atoms with Crippen LogP contribution < -0.4 is 5.32 Å². The fourth-order valence-corrected chi connectivity index (χ4v) is 6.99. The summed E-state index contributed by atoms with van der Waals surface area (Å²) in [5.41, 5.74) is 4.42. The summed E-state index contributed by atoms with van der Waals surface area (Å²) in [6.07, 6.45) is 11.7. The predicted octanol–water partition coefficient (Wildman–Crippen LogP) is 7.18. The number of rotatable bonds is 6. The summed E-state index contributed by atoms with van der Waals surface area (Å²) >= 11 is 0. The van der Waals surface area contributed by atoms with Crippen LogP contribution >= 0.6 is 0 Å². The molecule has 4 rings (SSSR count). The molecule has 2 fully saturated rings. The van der Waals surface area contributed by atoms with Gasteiger partial charge in [0.05, 0.1) is 0 Å². The van der Waals surface area contributed by atoms with Crippen LogP contribution in [0.3, 0.4) is 0 Å². The number of pyridine rings is 1. The lowest BCUT2D eigenvalue weighted by atomic mass is 9.47. The molecule has 3 aliphatic carbocycles. The Morgan fingerprint density at radius 3 is 2.62 bits per heavy atom. The van der Waals surface area contributed by atoms with E-state index in [0.717, 1.165) is 49.7 Å². The Morgan fingerprint density at radius 1 is 1.24 bits per heavy atom. The number of alkyl halides is 2. The molecule has 0 aliphatic heterocycles. The van der Waals surface area contributed by atoms with Crippen molar-refractivity contribution in [1.82, 2.24) is 10.3 Å². The first kappa shape index (κ1) is 26.5. The fourth-order valence-electron chi connectivity index (χ4n) is 6.99. The summed E-state index contributed by atoms with van der Waals surface area (Å²) < 4.78 is 26.6. The maximum atomic E-state index is 13.3. The number of aromatic nitrogens is 1. The quantitative estimate of drug-likeness (QED) is 0.354. The van der Waals surface area contributed by atoms with E-state index in [-0.39, 0.29) is 16.4 Å². The van der Waals surface area contributed by atoms with Gasteiger partial charge in [-0.2, -0.15) is 0 Å². The minimum atomic E-state index is -2.52. The first-order valence-electron chi connectivity index (χ1n) is 12.7. The molecule has 3 nitrogen and oxygen atoms in total. The minimum absolute atomic E-state index is 0.0243. The zero-order chi connectivity index (χ0) is 25.1. The molecule has 2 saturated carbocycles. The first-order chi connectivity index (χ1) is 16.3. The van der Waals surface area contributed by atoms with Gasteiger partial charge in [-0.05, 0) is 85.7 Å². The smallest absolute Gasteiger partial charge is 0.265 e. The number of aldehydes is 1. The van der Waals surface area contributed by atoms with Gasteiger partial charge in [0.2, 0.25) is 0 Å². The van der Waals surface area contributed by atoms with Crippen LogP contribution in [0.4, 0.5) is 8.78 Å². The van der Waals surface area contributed by atoms with Crippen LogP contribution in [-0.4, -0.2) is 24.9 Å². The molecular weight excluding hydrogens is 430 g/mol. The van der Waals surface area contributed by atoms with Gasteiger partial charge in [0.25, 0.3) is 6.43 Å². The van der Waals surface area contributed by atoms with Crippen LogP contribution in [0.5, 0.6) is 0 Å². The van der Waals surface area contributed by atoms with Gasteiger partial charge in [0, 0.05) is 23.4 Å². The summed E-state index contributed by atoms with van der Waals surface area (Å²) in [5, 5.41) is 3.30. The molecule has 186 valence electrons. The summed E-state index contributed by atoms with van der Waals surface area (Å²) in [5.74, 6) is 1.23. The Labute approximate surface area is 203 Å². The Kier molecular flexibility index (Phi) is 8.28. The van der Waals surface area contributed by atoms with Crippen molar-refractivity contribution in [2.45, 2.75) is 66.7 Å². The maximum Gasteiger partial charge on any atom is 0.265 e. The van der Waals surface area contributed by atoms with Crippen molar-refractivity contribution in [3.8, 4) is 0 Å². The first-order valence-corrected chi connectivity index (χ1v) is 12.7. The molecule has 34 heavy (non-hydrogen) atoms. The third kappa shape index (κ3) is 4.44. The minimum Gasteiger partial charge on any atom is -0.320 e. The van der Waals surface area contributed by atoms with Crippen molar-refractivity contribution in [3.63, 3.8) is 0 Å². The van der Waals surface area contributed by atoms with Crippen molar-refractivity contribution >= 4 is 11.9 Å². The molecular formula is C29H40F2N2O. The lowest BCUT2D eigenvalue weighted by Gasteiger charge is -2.57. The van der Waals surface area contributed by atoms with E-state index in [2.05, 4.69) is 43.2 Å². The monoisotopic (exact) mass is 470 g/mol. The molecule has 0 spiro atoms. The third-order valence-electron chi connectivity index (χ3n) is 8.58. The van der Waals surface area contributed by atoms with Gasteiger partial charge < -0.3 is 5.32 Å². The molecule has 5 atom stereocenters. The molecule has 0 amide bonds. The topological polar surface area (TPSA) is 42.0 Å². The molecule has 3 aliphatic rings. The average molecular weight is 471 g/mol. The van der Waals surface area contributed by atoms with Crippen LogP contribution in [-0.2, 0) is 4.79 Å². The standard InChI is InChI=1S/C27H34F2N2O.C2H6/c1-17-13-20-23-6-5-22(18-14-19(25(28)29)16-31-15-18)26(23,2)9-7-24(20)27(3,10-11-30-4)21(17)8-12-32;1-2/h5-6,8,12,14-17,20,24-25,30H,7,9-11,13H2,1-4H3;1-2H3/b21-8-;. The number of nitrogens with one attached hydrogen (secondary N) is 1. The van der Waals surface area contributed by atoms with Crippen LogP contribution in [0.2, 0.25) is 0 Å². The number of hydrogen-bond donors (Lipinski definition) is 1. The highest BCUT2D eigenvalue weighted by atomic mass is 19.3. The highest BCUT2D eigenvalue weighted by Gasteiger charge is 2.55. The number of halogens is 2. The number of hydrogen-bond acceptors (Lipinski definition) is 3. The van der Waals surface area contributed by atoms with Crippen molar-refractivity contribution < 1.29 is 13.6 Å². The SMILES string of the molecule is CC.CNCCC1(C)/C(=C\C=O)C(C)CC2C3=CC=C(c4cncc(C(F)F)c4)C3(C)CCC21. The normalized spacial score (nSPS) is 33.4. The fraction of sp³-hybridized carbons (Fsp3) is 0.586. The van der Waals surface area contributed by atoms with E-state index in [1.165, 1.54) is 17.3 Å². The number of carbonyl (C=O) groups is 1. The second-order valence-electron chi connectivity index (χ2n) is 10.3. The van der Waals surface area contributed by atoms with Gasteiger partial charge in [0.1, 0.15) is 6.29 Å². The van der Waals surface area contributed by atoms with Crippen LogP contribution in [0.1, 0.15) is 77.9 Å². The van der Waals surface area contributed by atoms with Crippen LogP contribution in [0.15, 0.2) is 47.8 Å². The predicted molar refractivity (Wildman–Crippen MR) is 136 cm³/mol. The molecule has 0 aromatic carbocycles. The second-order valence-corrected chi connectivity index (χ2v) is 10.3. The zero-order valence-corrected chi connectivity index (χ0v) is 21.5. The molecule has 1 N–H and O–H groups in total. The summed E-state index contributed by atoms with van der Waals surface area (Å²) in [7, 11) is 1.98. The van der Waals surface area contributed by atoms with Crippen molar-refractivity contribution in [2.75, 3.05) is 13.6 Å². The second kappa shape index (κ2) is 10.6. The third-order valence-corrected chi connectivity index (χ3v) is 8.58. The van der Waals surface area contributed by atoms with Gasteiger partial charge in [-0.15, -0.1) is 0 Å². The molecule has 0 bridgehead atoms. The molecule has 0 radical (unpaired) electrons. The summed E-state index contributed by atoms with van der Waals surface area (Å²) in [6.45, 7) is 11.8. The molecule has 5 unspecified atom stereocenters. The number of allylic oxidation sites excluding steroid dienone is 6. The van der Waals surface area contributed by atoms with Gasteiger partial charge in [-0.25, -0.2) is 8.78 Å². The Bertz CT molecular complexity index is 982. The van der Waals surface area contributed by atoms with E-state index >= 15 is 0 Å². The van der Waals surface area contributed by atoms with Crippen LogP contribution in [0, 0.1) is 28.6 Å². The zero-order valence-electron chi connectivity index (χ0n) is 21.5. The Hall–Kier alpha value is -2.14. The highest BCUT2D eigenvalue weighted by Crippen LogP contribution is 2.65. The average Bonchev–Trinajstić information content (AvgIpc) is 3.19. The highest BCUT2D eigenvalue weighted by molar-refractivity contribution is 5.78. The lowest BCUT2D eigenvalue weighted by Crippen LogP contribution is -2.48. The summed E-state index contributed by atoms with van der Waals surface area (Å²) in [4.78, 5) is 15.6. The molecule has 1 heterocycles. The van der Waals surface area contributed by atoms with E-state index in [1.807, 2.05) is 27.0 Å². The maximum absolute atomic E-state index is 13.3. The van der Waals surface area contributed by atoms with Crippen molar-refractivity contribution in [1.29, 1.82) is 0 Å². The number of carbonyl (C=O) groups excluding carboxylic acids is 1. The molecule has 0 saturated heterocycles. The number of nitrogens with zero attached hydrogens (tertiary/aromatic N) is 1. The van der Waals surface area contributed by atoms with Gasteiger partial charge >= 0.3 is 0 Å². The van der Waals surface area contributed by atoms with E-state index in [0.29, 0.717) is 17.8 Å². The van der Waals surface area contributed by atoms with E-state index in [4.69, 9.17) is 0 Å². The van der Waals surface area contributed by atoms with E-state index in [1.54, 1.807) is 12.3 Å².